The lowest BCUT2D eigenvalue weighted by Gasteiger charge is -2.21. The summed E-state index contributed by atoms with van der Waals surface area (Å²) in [5.41, 5.74) is 0. The first-order valence-electron chi connectivity index (χ1n) is 37.5. The fraction of sp³-hybridized carbons (Fsp3) is 0.890. The number of allylic oxidation sites excluding steroid dienone is 4. The van der Waals surface area contributed by atoms with E-state index in [1.165, 1.54) is 161 Å². The number of hydrogen-bond donors (Lipinski definition) is 3. The number of hydrogen-bond acceptors (Lipinski definition) is 15. The molecule has 0 aromatic rings. The van der Waals surface area contributed by atoms with E-state index in [1.807, 2.05) is 0 Å². The van der Waals surface area contributed by atoms with Gasteiger partial charge in [0.1, 0.15) is 19.3 Å². The third-order valence-corrected chi connectivity index (χ3v) is 18.7. The number of ether oxygens (including phenoxy) is 4. The largest absolute Gasteiger partial charge is 0.472 e. The van der Waals surface area contributed by atoms with Gasteiger partial charge in [0.2, 0.25) is 0 Å². The summed E-state index contributed by atoms with van der Waals surface area (Å²) in [6.45, 7) is 7.17. The Balaban J connectivity index is 5.29. The van der Waals surface area contributed by atoms with Crippen LogP contribution in [0.25, 0.3) is 0 Å². The standard InChI is InChI=1S/C73H138O17P2/c1-6-10-13-16-19-22-25-28-30-33-36-39-42-49-54-59-72(77)89-68(62-83-70(75)56-51-46-40-37-34-32-29-26-23-20-17-14-11-7-2)64-87-91(79,80)85-60-67(74)61-86-92(81,82)88-65-69(63-84-71(76)57-52-47-44-43-45-50-55-66(5)9-4)90-73(78)58-53-48-41-38-35-31-27-24-21-18-15-12-8-3/h22,25,28,30,66-69,74H,6-21,23-24,26-27,29,31-65H2,1-5H3,(H,79,80)(H,81,82)/b25-22-,30-28-/t66?,67-,68-,69-/m1/s1. The van der Waals surface area contributed by atoms with Crippen molar-refractivity contribution < 1.29 is 80.2 Å². The van der Waals surface area contributed by atoms with Crippen LogP contribution in [0.3, 0.4) is 0 Å². The summed E-state index contributed by atoms with van der Waals surface area (Å²) in [5.74, 6) is -1.42. The van der Waals surface area contributed by atoms with Crippen LogP contribution < -0.4 is 0 Å². The number of aliphatic hydroxyl groups excluding tert-OH is 1. The minimum absolute atomic E-state index is 0.0855. The van der Waals surface area contributed by atoms with Crippen molar-refractivity contribution in [3.8, 4) is 0 Å². The van der Waals surface area contributed by atoms with Gasteiger partial charge in [-0.2, -0.15) is 0 Å². The van der Waals surface area contributed by atoms with Crippen molar-refractivity contribution in [2.75, 3.05) is 39.6 Å². The second kappa shape index (κ2) is 65.8. The number of aliphatic hydroxyl groups is 1. The molecule has 0 aromatic carbocycles. The lowest BCUT2D eigenvalue weighted by molar-refractivity contribution is -0.161. The van der Waals surface area contributed by atoms with E-state index < -0.39 is 97.5 Å². The molecule has 0 aliphatic carbocycles. The molecule has 0 rings (SSSR count). The van der Waals surface area contributed by atoms with Crippen molar-refractivity contribution in [2.45, 2.75) is 374 Å². The Morgan fingerprint density at radius 3 is 0.924 bits per heavy atom. The van der Waals surface area contributed by atoms with Crippen molar-refractivity contribution in [1.29, 1.82) is 0 Å². The molecule has 0 heterocycles. The van der Waals surface area contributed by atoms with Gasteiger partial charge in [-0.05, 0) is 57.3 Å². The number of phosphoric acid groups is 2. The molecule has 0 fully saturated rings. The summed E-state index contributed by atoms with van der Waals surface area (Å²) in [4.78, 5) is 72.7. The SMILES string of the molecule is CCCCCC/C=C\C=C/CCCCCCCC(=O)O[C@H](COC(=O)CCCCCCCCCCCCCCCC)COP(=O)(O)OC[C@@H](O)COP(=O)(O)OC[C@@H](COC(=O)CCCCCCCCC(C)CC)OC(=O)CCCCCCCCCCCCCCC. The average Bonchev–Trinajstić information content (AvgIpc) is 3.71. The van der Waals surface area contributed by atoms with Gasteiger partial charge in [-0.1, -0.05) is 303 Å². The van der Waals surface area contributed by atoms with Gasteiger partial charge in [-0.3, -0.25) is 37.3 Å². The van der Waals surface area contributed by atoms with Gasteiger partial charge in [0.05, 0.1) is 26.4 Å². The first-order chi connectivity index (χ1) is 44.6. The molecule has 0 radical (unpaired) electrons. The molecule has 0 saturated heterocycles. The van der Waals surface area contributed by atoms with E-state index in [0.717, 1.165) is 115 Å². The quantitative estimate of drug-likeness (QED) is 0.0169. The molecule has 92 heavy (non-hydrogen) atoms. The summed E-state index contributed by atoms with van der Waals surface area (Å²) in [5, 5.41) is 10.6. The molecular weight excluding hydrogens is 1210 g/mol. The number of carbonyl (C=O) groups is 4. The van der Waals surface area contributed by atoms with E-state index in [0.29, 0.717) is 25.7 Å². The molecule has 0 aromatic heterocycles. The van der Waals surface area contributed by atoms with Gasteiger partial charge in [-0.15, -0.1) is 0 Å². The second-order valence-corrected chi connectivity index (χ2v) is 28.8. The Kier molecular flexibility index (Phi) is 64.0. The van der Waals surface area contributed by atoms with Crippen molar-refractivity contribution in [3.05, 3.63) is 24.3 Å². The first kappa shape index (κ1) is 89.5. The van der Waals surface area contributed by atoms with Gasteiger partial charge in [0.15, 0.2) is 12.2 Å². The van der Waals surface area contributed by atoms with E-state index in [-0.39, 0.29) is 25.7 Å². The van der Waals surface area contributed by atoms with Crippen LogP contribution in [-0.4, -0.2) is 96.7 Å². The maximum atomic E-state index is 13.0. The van der Waals surface area contributed by atoms with E-state index in [1.54, 1.807) is 0 Å². The van der Waals surface area contributed by atoms with Crippen molar-refractivity contribution >= 4 is 39.5 Å². The van der Waals surface area contributed by atoms with Crippen LogP contribution in [0.15, 0.2) is 24.3 Å². The fourth-order valence-electron chi connectivity index (χ4n) is 10.6. The van der Waals surface area contributed by atoms with Crippen LogP contribution in [0.2, 0.25) is 0 Å². The molecule has 0 amide bonds. The summed E-state index contributed by atoms with van der Waals surface area (Å²) in [7, 11) is -9.92. The van der Waals surface area contributed by atoms with E-state index >= 15 is 0 Å². The normalized spacial score (nSPS) is 14.5. The molecule has 0 aliphatic rings. The molecule has 3 unspecified atom stereocenters. The lowest BCUT2D eigenvalue weighted by Crippen LogP contribution is -2.30. The van der Waals surface area contributed by atoms with Crippen LogP contribution in [-0.2, 0) is 65.4 Å². The zero-order valence-corrected chi connectivity index (χ0v) is 61.0. The predicted molar refractivity (Wildman–Crippen MR) is 372 cm³/mol. The number of unbranched alkanes of at least 4 members (excludes halogenated alkanes) is 39. The van der Waals surface area contributed by atoms with Crippen molar-refractivity contribution in [3.63, 3.8) is 0 Å². The highest BCUT2D eigenvalue weighted by Crippen LogP contribution is 2.45. The topological polar surface area (TPSA) is 237 Å². The molecule has 6 atom stereocenters. The van der Waals surface area contributed by atoms with Crippen LogP contribution >= 0.6 is 15.6 Å². The number of carbonyl (C=O) groups excluding carboxylic acids is 4. The molecular formula is C73H138O17P2. The van der Waals surface area contributed by atoms with Crippen LogP contribution in [0.5, 0.6) is 0 Å². The van der Waals surface area contributed by atoms with E-state index in [9.17, 15) is 43.2 Å². The van der Waals surface area contributed by atoms with Crippen LogP contribution in [0.4, 0.5) is 0 Å². The van der Waals surface area contributed by atoms with Gasteiger partial charge in [-0.25, -0.2) is 9.13 Å². The maximum absolute atomic E-state index is 13.0. The summed E-state index contributed by atoms with van der Waals surface area (Å²) < 4.78 is 68.4. The minimum Gasteiger partial charge on any atom is -0.462 e. The smallest absolute Gasteiger partial charge is 0.462 e. The second-order valence-electron chi connectivity index (χ2n) is 25.9. The maximum Gasteiger partial charge on any atom is 0.472 e. The average molecular weight is 1350 g/mol. The highest BCUT2D eigenvalue weighted by molar-refractivity contribution is 7.47. The zero-order valence-electron chi connectivity index (χ0n) is 59.2. The molecule has 17 nitrogen and oxygen atoms in total. The molecule has 0 spiro atoms. The Labute approximate surface area is 561 Å². The Hall–Kier alpha value is -2.46. The summed E-state index contributed by atoms with van der Waals surface area (Å²) >= 11 is 0. The van der Waals surface area contributed by atoms with Crippen LogP contribution in [0.1, 0.15) is 356 Å². The Morgan fingerprint density at radius 1 is 0.348 bits per heavy atom. The highest BCUT2D eigenvalue weighted by atomic mass is 31.2. The zero-order chi connectivity index (χ0) is 67.7. The Morgan fingerprint density at radius 2 is 0.609 bits per heavy atom. The summed E-state index contributed by atoms with van der Waals surface area (Å²) in [6.07, 6.45) is 56.2. The first-order valence-corrected chi connectivity index (χ1v) is 40.5. The molecule has 0 bridgehead atoms. The van der Waals surface area contributed by atoms with Gasteiger partial charge >= 0.3 is 39.5 Å². The van der Waals surface area contributed by atoms with Gasteiger partial charge in [0.25, 0.3) is 0 Å². The minimum atomic E-state index is -4.96. The monoisotopic (exact) mass is 1350 g/mol. The Bertz CT molecular complexity index is 1870. The highest BCUT2D eigenvalue weighted by Gasteiger charge is 2.30. The van der Waals surface area contributed by atoms with E-state index in [4.69, 9.17) is 37.0 Å². The van der Waals surface area contributed by atoms with Gasteiger partial charge in [0, 0.05) is 25.7 Å². The third-order valence-electron chi connectivity index (χ3n) is 16.8. The number of esters is 4. The molecule has 0 saturated carbocycles. The number of phosphoric ester groups is 2. The van der Waals surface area contributed by atoms with Crippen molar-refractivity contribution in [1.82, 2.24) is 0 Å². The van der Waals surface area contributed by atoms with E-state index in [2.05, 4.69) is 58.9 Å². The lowest BCUT2D eigenvalue weighted by atomic mass is 10.00. The number of rotatable bonds is 71. The van der Waals surface area contributed by atoms with Gasteiger partial charge < -0.3 is 33.8 Å². The molecule has 0 aliphatic heterocycles. The fourth-order valence-corrected chi connectivity index (χ4v) is 12.2. The predicted octanol–water partition coefficient (Wildman–Crippen LogP) is 20.9. The molecule has 19 heteroatoms. The third kappa shape index (κ3) is 64.9. The molecule has 3 N–H and O–H groups in total. The summed E-state index contributed by atoms with van der Waals surface area (Å²) in [6, 6.07) is 0. The van der Waals surface area contributed by atoms with Crippen LogP contribution in [0, 0.1) is 5.92 Å². The van der Waals surface area contributed by atoms with Crippen molar-refractivity contribution in [2.24, 2.45) is 5.92 Å². The molecule has 542 valence electrons.